The molecule has 4 heteroatoms. The number of hydrogen-bond acceptors (Lipinski definition) is 3. The number of methoxy groups -OCH3 is 1. The molecule has 0 spiro atoms. The smallest absolute Gasteiger partial charge is 0.328 e. The summed E-state index contributed by atoms with van der Waals surface area (Å²) in [5, 5.41) is 8.71. The van der Waals surface area contributed by atoms with Crippen LogP contribution in [0.4, 0.5) is 0 Å². The van der Waals surface area contributed by atoms with Crippen LogP contribution in [-0.4, -0.2) is 18.2 Å². The summed E-state index contributed by atoms with van der Waals surface area (Å²) in [6.07, 6.45) is 3.61. The first-order chi connectivity index (χ1) is 11.1. The minimum atomic E-state index is -0.977. The van der Waals surface area contributed by atoms with Crippen molar-refractivity contribution < 1.29 is 19.4 Å². The van der Waals surface area contributed by atoms with Crippen LogP contribution in [-0.2, 0) is 17.8 Å². The van der Waals surface area contributed by atoms with Gasteiger partial charge >= 0.3 is 5.97 Å². The van der Waals surface area contributed by atoms with Crippen LogP contribution >= 0.6 is 0 Å². The molecule has 0 aliphatic carbocycles. The third-order valence-electron chi connectivity index (χ3n) is 3.42. The van der Waals surface area contributed by atoms with Gasteiger partial charge in [0.25, 0.3) is 0 Å². The molecule has 0 saturated heterocycles. The number of rotatable bonds is 7. The van der Waals surface area contributed by atoms with Crippen molar-refractivity contribution >= 4 is 12.0 Å². The van der Waals surface area contributed by atoms with Gasteiger partial charge in [-0.05, 0) is 47.9 Å². The highest BCUT2D eigenvalue weighted by Crippen LogP contribution is 2.23. The quantitative estimate of drug-likeness (QED) is 0.787. The summed E-state index contributed by atoms with van der Waals surface area (Å²) >= 11 is 0. The molecule has 0 heterocycles. The van der Waals surface area contributed by atoms with Crippen LogP contribution in [0.15, 0.2) is 48.5 Å². The van der Waals surface area contributed by atoms with E-state index in [0.29, 0.717) is 12.4 Å². The number of aryl methyl sites for hydroxylation is 1. The maximum atomic E-state index is 10.6. The Balaban J connectivity index is 2.16. The Morgan fingerprint density at radius 1 is 1.22 bits per heavy atom. The van der Waals surface area contributed by atoms with Gasteiger partial charge in [0.05, 0.1) is 7.11 Å². The van der Waals surface area contributed by atoms with Crippen molar-refractivity contribution in [1.82, 2.24) is 0 Å². The lowest BCUT2D eigenvalue weighted by Crippen LogP contribution is -1.99. The zero-order valence-electron chi connectivity index (χ0n) is 13.3. The first-order valence-electron chi connectivity index (χ1n) is 7.42. The number of carbonyl (C=O) groups is 1. The van der Waals surface area contributed by atoms with E-state index in [1.165, 1.54) is 5.56 Å². The van der Waals surface area contributed by atoms with E-state index in [1.54, 1.807) is 19.3 Å². The van der Waals surface area contributed by atoms with Crippen molar-refractivity contribution in [3.05, 3.63) is 65.2 Å². The lowest BCUT2D eigenvalue weighted by Gasteiger charge is -2.12. The number of hydrogen-bond donors (Lipinski definition) is 1. The van der Waals surface area contributed by atoms with Crippen LogP contribution in [0.2, 0.25) is 0 Å². The predicted octanol–water partition coefficient (Wildman–Crippen LogP) is 3.93. The Bertz CT molecular complexity index is 704. The molecule has 1 N–H and O–H groups in total. The van der Waals surface area contributed by atoms with Crippen LogP contribution in [0, 0.1) is 0 Å². The monoisotopic (exact) mass is 312 g/mol. The van der Waals surface area contributed by atoms with Crippen molar-refractivity contribution in [2.24, 2.45) is 0 Å². The Kier molecular flexibility index (Phi) is 5.80. The molecule has 0 aromatic heterocycles. The van der Waals surface area contributed by atoms with E-state index < -0.39 is 5.97 Å². The van der Waals surface area contributed by atoms with E-state index in [-0.39, 0.29) is 0 Å². The van der Waals surface area contributed by atoms with Gasteiger partial charge in [-0.25, -0.2) is 4.79 Å². The summed E-state index contributed by atoms with van der Waals surface area (Å²) < 4.78 is 11.2. The molecular weight excluding hydrogens is 292 g/mol. The summed E-state index contributed by atoms with van der Waals surface area (Å²) in [6.45, 7) is 2.45. The molecule has 2 aromatic carbocycles. The predicted molar refractivity (Wildman–Crippen MR) is 89.8 cm³/mol. The van der Waals surface area contributed by atoms with E-state index in [4.69, 9.17) is 14.6 Å². The van der Waals surface area contributed by atoms with Gasteiger partial charge in [-0.3, -0.25) is 0 Å². The lowest BCUT2D eigenvalue weighted by atomic mass is 10.1. The minimum absolute atomic E-state index is 0.352. The van der Waals surface area contributed by atoms with E-state index in [0.717, 1.165) is 29.4 Å². The van der Waals surface area contributed by atoms with E-state index in [1.807, 2.05) is 30.3 Å². The molecule has 0 amide bonds. The number of carboxylic acid groups (broad SMARTS) is 1. The second-order valence-electron chi connectivity index (χ2n) is 5.03. The summed E-state index contributed by atoms with van der Waals surface area (Å²) in [5.74, 6) is 0.539. The number of carboxylic acids is 1. The molecule has 0 saturated carbocycles. The van der Waals surface area contributed by atoms with Crippen LogP contribution in [0.5, 0.6) is 11.5 Å². The van der Waals surface area contributed by atoms with Gasteiger partial charge in [0.2, 0.25) is 0 Å². The number of aliphatic carboxylic acids is 1. The zero-order chi connectivity index (χ0) is 16.7. The van der Waals surface area contributed by atoms with E-state index >= 15 is 0 Å². The molecule has 0 bridgehead atoms. The summed E-state index contributed by atoms with van der Waals surface area (Å²) in [5.41, 5.74) is 2.86. The Labute approximate surface area is 136 Å². The highest BCUT2D eigenvalue weighted by molar-refractivity contribution is 5.85. The van der Waals surface area contributed by atoms with Gasteiger partial charge < -0.3 is 14.6 Å². The highest BCUT2D eigenvalue weighted by atomic mass is 16.5. The molecule has 2 aromatic rings. The molecule has 0 unspecified atom stereocenters. The second-order valence-corrected chi connectivity index (χ2v) is 5.03. The third kappa shape index (κ3) is 4.88. The van der Waals surface area contributed by atoms with Crippen LogP contribution in [0.3, 0.4) is 0 Å². The highest BCUT2D eigenvalue weighted by Gasteiger charge is 2.05. The second kappa shape index (κ2) is 8.03. The average Bonchev–Trinajstić information content (AvgIpc) is 2.58. The molecule has 4 nitrogen and oxygen atoms in total. The minimum Gasteiger partial charge on any atom is -0.496 e. The normalized spacial score (nSPS) is 10.7. The first kappa shape index (κ1) is 16.6. The van der Waals surface area contributed by atoms with Gasteiger partial charge in [0.15, 0.2) is 0 Å². The Morgan fingerprint density at radius 3 is 2.74 bits per heavy atom. The first-order valence-corrected chi connectivity index (χ1v) is 7.42. The maximum absolute atomic E-state index is 10.6. The molecule has 0 fully saturated rings. The van der Waals surface area contributed by atoms with Crippen LogP contribution in [0.25, 0.3) is 6.08 Å². The van der Waals surface area contributed by atoms with E-state index in [2.05, 4.69) is 13.0 Å². The zero-order valence-corrected chi connectivity index (χ0v) is 13.3. The molecule has 120 valence electrons. The average molecular weight is 312 g/mol. The number of benzene rings is 2. The van der Waals surface area contributed by atoms with Crippen molar-refractivity contribution in [3.8, 4) is 11.5 Å². The molecular formula is C19H20O4. The third-order valence-corrected chi connectivity index (χ3v) is 3.42. The van der Waals surface area contributed by atoms with E-state index in [9.17, 15) is 4.79 Å². The van der Waals surface area contributed by atoms with Gasteiger partial charge in [0.1, 0.15) is 18.1 Å². The van der Waals surface area contributed by atoms with Gasteiger partial charge in [-0.1, -0.05) is 25.1 Å². The lowest BCUT2D eigenvalue weighted by molar-refractivity contribution is -0.131. The van der Waals surface area contributed by atoms with Crippen LogP contribution in [0.1, 0.15) is 23.6 Å². The standard InChI is InChI=1S/C19H20O4/c1-3-14-5-4-6-17(12-14)23-13-16-11-15(8-10-19(20)21)7-9-18(16)22-2/h4-12H,3,13H2,1-2H3,(H,20,21)/b10-8+. The summed E-state index contributed by atoms with van der Waals surface area (Å²) in [7, 11) is 1.60. The molecule has 23 heavy (non-hydrogen) atoms. The van der Waals surface area contributed by atoms with Gasteiger partial charge in [-0.15, -0.1) is 0 Å². The fourth-order valence-corrected chi connectivity index (χ4v) is 2.20. The molecule has 0 atom stereocenters. The Hall–Kier alpha value is -2.75. The van der Waals surface area contributed by atoms with Crippen molar-refractivity contribution in [2.45, 2.75) is 20.0 Å². The van der Waals surface area contributed by atoms with Gasteiger partial charge in [-0.2, -0.15) is 0 Å². The molecule has 0 aliphatic rings. The fourth-order valence-electron chi connectivity index (χ4n) is 2.20. The summed E-state index contributed by atoms with van der Waals surface area (Å²) in [4.78, 5) is 10.6. The van der Waals surface area contributed by atoms with Crippen LogP contribution < -0.4 is 9.47 Å². The number of ether oxygens (including phenoxy) is 2. The van der Waals surface area contributed by atoms with Gasteiger partial charge in [0, 0.05) is 11.6 Å². The molecule has 0 radical (unpaired) electrons. The van der Waals surface area contributed by atoms with Crippen molar-refractivity contribution in [3.63, 3.8) is 0 Å². The summed E-state index contributed by atoms with van der Waals surface area (Å²) in [6, 6.07) is 13.4. The van der Waals surface area contributed by atoms with Crippen molar-refractivity contribution in [1.29, 1.82) is 0 Å². The topological polar surface area (TPSA) is 55.8 Å². The SMILES string of the molecule is CCc1cccc(OCc2cc(/C=C/C(=O)O)ccc2OC)c1. The molecule has 2 rings (SSSR count). The molecule has 0 aliphatic heterocycles. The van der Waals surface area contributed by atoms with Crippen molar-refractivity contribution in [2.75, 3.05) is 7.11 Å². The largest absolute Gasteiger partial charge is 0.496 e. The fraction of sp³-hybridized carbons (Fsp3) is 0.211. The Morgan fingerprint density at radius 2 is 2.04 bits per heavy atom. The maximum Gasteiger partial charge on any atom is 0.328 e.